The number of carbonyl (C=O) groups excluding carboxylic acids is 2. The van der Waals surface area contributed by atoms with Gasteiger partial charge >= 0.3 is 0 Å². The van der Waals surface area contributed by atoms with Crippen molar-refractivity contribution in [1.29, 1.82) is 0 Å². The summed E-state index contributed by atoms with van der Waals surface area (Å²) in [6.45, 7) is 0.624. The first-order chi connectivity index (χ1) is 16.9. The number of nitrogens with zero attached hydrogens (tertiary/aromatic N) is 3. The Kier molecular flexibility index (Phi) is 4.93. The molecule has 0 N–H and O–H groups in total. The molecular weight excluding hydrogens is 486 g/mol. The van der Waals surface area contributed by atoms with Crippen LogP contribution in [0.1, 0.15) is 23.0 Å². The first-order valence-electron chi connectivity index (χ1n) is 11.1. The van der Waals surface area contributed by atoms with E-state index in [0.717, 1.165) is 11.3 Å². The highest BCUT2D eigenvalue weighted by atomic mass is 32.2. The van der Waals surface area contributed by atoms with Gasteiger partial charge in [0.25, 0.3) is 5.91 Å². The second kappa shape index (κ2) is 7.71. The van der Waals surface area contributed by atoms with Gasteiger partial charge in [0.05, 0.1) is 32.1 Å². The van der Waals surface area contributed by atoms with E-state index < -0.39 is 16.2 Å². The van der Waals surface area contributed by atoms with E-state index in [1.165, 1.54) is 11.8 Å². The Balaban J connectivity index is 1.61. The third-order valence-electron chi connectivity index (χ3n) is 7.44. The van der Waals surface area contributed by atoms with E-state index in [0.29, 0.717) is 28.1 Å². The smallest absolute Gasteiger partial charge is 0.254 e. The average Bonchev–Trinajstić information content (AvgIpc) is 3.66. The molecule has 3 atom stereocenters. The van der Waals surface area contributed by atoms with E-state index in [9.17, 15) is 9.59 Å². The predicted octanol–water partition coefficient (Wildman–Crippen LogP) is 3.58. The number of thioether (sulfide) groups is 1. The Hall–Kier alpha value is -3.08. The first kappa shape index (κ1) is 22.4. The van der Waals surface area contributed by atoms with Crippen molar-refractivity contribution in [3.05, 3.63) is 72.1 Å². The van der Waals surface area contributed by atoms with Crippen LogP contribution >= 0.6 is 24.0 Å². The van der Waals surface area contributed by atoms with Crippen molar-refractivity contribution >= 4 is 45.8 Å². The van der Waals surface area contributed by atoms with Crippen molar-refractivity contribution in [2.24, 2.45) is 0 Å². The molecule has 2 fully saturated rings. The zero-order valence-electron chi connectivity index (χ0n) is 19.4. The summed E-state index contributed by atoms with van der Waals surface area (Å²) in [5.41, 5.74) is 0.155. The minimum atomic E-state index is -1.31. The van der Waals surface area contributed by atoms with Crippen LogP contribution in [0.3, 0.4) is 0 Å². The summed E-state index contributed by atoms with van der Waals surface area (Å²) in [6.07, 6.45) is 3.16. The van der Waals surface area contributed by atoms with Gasteiger partial charge in [-0.05, 0) is 49.5 Å². The quantitative estimate of drug-likeness (QED) is 0.494. The third-order valence-corrected chi connectivity index (χ3v) is 9.38. The Morgan fingerprint density at radius 2 is 1.89 bits per heavy atom. The van der Waals surface area contributed by atoms with Gasteiger partial charge in [0, 0.05) is 24.8 Å². The molecule has 0 saturated carbocycles. The minimum absolute atomic E-state index is 0.180. The van der Waals surface area contributed by atoms with E-state index in [1.54, 1.807) is 54.7 Å². The number of ether oxygens (including phenoxy) is 1. The maximum Gasteiger partial charge on any atom is 0.254 e. The number of hydrogen-bond donors (Lipinski definition) is 0. The Morgan fingerprint density at radius 1 is 1.11 bits per heavy atom. The van der Waals surface area contributed by atoms with Gasteiger partial charge in [-0.3, -0.25) is 19.4 Å². The number of carbonyl (C=O) groups is 2. The van der Waals surface area contributed by atoms with Gasteiger partial charge in [-0.25, -0.2) is 0 Å². The lowest BCUT2D eigenvalue weighted by molar-refractivity contribution is -0.139. The minimum Gasteiger partial charge on any atom is -0.497 e. The van der Waals surface area contributed by atoms with Crippen molar-refractivity contribution in [3.8, 4) is 5.75 Å². The molecule has 0 bridgehead atoms. The molecule has 5 heterocycles. The monoisotopic (exact) mass is 509 g/mol. The topological polar surface area (TPSA) is 79.4 Å². The Morgan fingerprint density at radius 3 is 2.57 bits per heavy atom. The van der Waals surface area contributed by atoms with Crippen LogP contribution in [-0.4, -0.2) is 58.4 Å². The van der Waals surface area contributed by atoms with Crippen molar-refractivity contribution in [3.63, 3.8) is 0 Å². The number of benzene rings is 1. The van der Waals surface area contributed by atoms with Gasteiger partial charge in [-0.2, -0.15) is 0 Å². The molecule has 10 heteroatoms. The normalized spacial score (nSPS) is 28.2. The van der Waals surface area contributed by atoms with E-state index in [-0.39, 0.29) is 18.4 Å². The highest BCUT2D eigenvalue weighted by Gasteiger charge is 2.79. The number of rotatable bonds is 4. The maximum absolute atomic E-state index is 14.6. The number of fused-ring (bicyclic) bond motifs is 3. The van der Waals surface area contributed by atoms with Crippen molar-refractivity contribution in [2.45, 2.75) is 22.7 Å². The van der Waals surface area contributed by atoms with Gasteiger partial charge < -0.3 is 18.5 Å². The van der Waals surface area contributed by atoms with Crippen LogP contribution < -0.4 is 9.64 Å². The van der Waals surface area contributed by atoms with Crippen molar-refractivity contribution < 1.29 is 23.2 Å². The fraction of sp³-hybridized carbons (Fsp3) is 0.320. The third kappa shape index (κ3) is 2.70. The van der Waals surface area contributed by atoms with Gasteiger partial charge in [0.2, 0.25) is 5.91 Å². The van der Waals surface area contributed by atoms with Gasteiger partial charge in [0.1, 0.15) is 26.3 Å². The molecule has 2 spiro atoms. The molecule has 3 aromatic rings. The van der Waals surface area contributed by atoms with Crippen LogP contribution in [-0.2, 0) is 21.7 Å². The summed E-state index contributed by atoms with van der Waals surface area (Å²) in [5.74, 6) is 1.04. The molecule has 0 unspecified atom stereocenters. The predicted molar refractivity (Wildman–Crippen MR) is 134 cm³/mol. The summed E-state index contributed by atoms with van der Waals surface area (Å²) >= 11 is 7.06. The van der Waals surface area contributed by atoms with Crippen LogP contribution in [0.2, 0.25) is 0 Å². The second-order valence-electron chi connectivity index (χ2n) is 8.98. The van der Waals surface area contributed by atoms with Gasteiger partial charge in [0.15, 0.2) is 5.54 Å². The number of thiocarbonyl (C=S) groups is 1. The van der Waals surface area contributed by atoms with Crippen molar-refractivity contribution in [2.75, 3.05) is 32.6 Å². The van der Waals surface area contributed by atoms with Gasteiger partial charge in [-0.1, -0.05) is 24.0 Å². The maximum atomic E-state index is 14.6. The summed E-state index contributed by atoms with van der Waals surface area (Å²) in [6, 6.07) is 12.8. The van der Waals surface area contributed by atoms with Crippen LogP contribution in [0, 0.1) is 0 Å². The standard InChI is InChI=1S/C25H23N3O5S2/c1-26-14-18(20-7-5-11-33-20)25(22(30)28(23(34)35-25)13-16-6-4-10-32-16)24(26)17-12-15(31-3)8-9-19(17)27(2)21(24)29/h4-12,18H,13-14H2,1-3H3/t18-,24+,25+/m0/s1. The first-order valence-corrected chi connectivity index (χ1v) is 12.4. The van der Waals surface area contributed by atoms with Crippen molar-refractivity contribution in [1.82, 2.24) is 9.80 Å². The SMILES string of the molecule is COc1ccc2c(c1)[C@]1(C(=O)N2C)N(C)C[C@@H](c2ccco2)[C@]12SC(=S)N(Cc1ccco1)C2=O. The lowest BCUT2D eigenvalue weighted by Crippen LogP contribution is -2.62. The summed E-state index contributed by atoms with van der Waals surface area (Å²) in [7, 11) is 5.22. The Bertz CT molecular complexity index is 1340. The van der Waals surface area contributed by atoms with E-state index in [2.05, 4.69) is 0 Å². The number of hydrogen-bond acceptors (Lipinski definition) is 8. The van der Waals surface area contributed by atoms with Crippen LogP contribution in [0.5, 0.6) is 5.75 Å². The van der Waals surface area contributed by atoms with E-state index in [4.69, 9.17) is 25.8 Å². The van der Waals surface area contributed by atoms with E-state index >= 15 is 0 Å². The molecule has 8 nitrogen and oxygen atoms in total. The van der Waals surface area contributed by atoms with E-state index in [1.807, 2.05) is 36.2 Å². The molecule has 0 radical (unpaired) electrons. The number of anilines is 1. The lowest BCUT2D eigenvalue weighted by atomic mass is 9.73. The number of likely N-dealkylation sites (tertiary alicyclic amines) is 1. The molecule has 2 aromatic heterocycles. The fourth-order valence-corrected chi connectivity index (χ4v) is 8.04. The molecule has 0 aliphatic carbocycles. The number of furan rings is 2. The largest absolute Gasteiger partial charge is 0.497 e. The molecule has 6 rings (SSSR count). The molecule has 2 amide bonds. The summed E-state index contributed by atoms with van der Waals surface area (Å²) in [5, 5.41) is 0. The molecular formula is C25H23N3O5S2. The number of likely N-dealkylation sites (N-methyl/N-ethyl adjacent to an activating group) is 2. The highest BCUT2D eigenvalue weighted by molar-refractivity contribution is 8.25. The van der Waals surface area contributed by atoms with Crippen LogP contribution in [0.25, 0.3) is 0 Å². The lowest BCUT2D eigenvalue weighted by Gasteiger charge is -2.41. The molecule has 35 heavy (non-hydrogen) atoms. The molecule has 3 aliphatic heterocycles. The van der Waals surface area contributed by atoms with Gasteiger partial charge in [-0.15, -0.1) is 0 Å². The summed E-state index contributed by atoms with van der Waals surface area (Å²) in [4.78, 5) is 34.1. The zero-order chi connectivity index (χ0) is 24.5. The fourth-order valence-electron chi connectivity index (χ4n) is 5.94. The average molecular weight is 510 g/mol. The highest BCUT2D eigenvalue weighted by Crippen LogP contribution is 2.67. The number of amides is 2. The number of methoxy groups -OCH3 is 1. The van der Waals surface area contributed by atoms with Crippen LogP contribution in [0.15, 0.2) is 63.8 Å². The molecule has 3 aliphatic rings. The zero-order valence-corrected chi connectivity index (χ0v) is 21.0. The second-order valence-corrected chi connectivity index (χ2v) is 10.9. The molecule has 180 valence electrons. The summed E-state index contributed by atoms with van der Waals surface area (Å²) < 4.78 is 16.0. The molecule has 1 aromatic carbocycles. The Labute approximate surface area is 211 Å². The van der Waals surface area contributed by atoms with Crippen LogP contribution in [0.4, 0.5) is 5.69 Å². The molecule has 2 saturated heterocycles.